The van der Waals surface area contributed by atoms with Crippen molar-refractivity contribution >= 4 is 40.2 Å². The summed E-state index contributed by atoms with van der Waals surface area (Å²) in [6.07, 6.45) is 5.03. The Kier molecular flexibility index (Phi) is 7.56. The van der Waals surface area contributed by atoms with Crippen LogP contribution in [0.5, 0.6) is 0 Å². The van der Waals surface area contributed by atoms with E-state index in [2.05, 4.69) is 26.1 Å². The number of thioether (sulfide) groups is 1. The predicted octanol–water partition coefficient (Wildman–Crippen LogP) is 4.10. The molecular formula is C23H22F3N7O3S2. The van der Waals surface area contributed by atoms with Gasteiger partial charge in [-0.15, -0.1) is 11.3 Å². The quantitative estimate of drug-likeness (QED) is 0.508. The number of hydrogen-bond acceptors (Lipinski definition) is 10. The van der Waals surface area contributed by atoms with Gasteiger partial charge in [-0.3, -0.25) is 10.2 Å². The number of nitrogens with zero attached hydrogens (tertiary/aromatic N) is 5. The molecule has 5 rings (SSSR count). The van der Waals surface area contributed by atoms with Crippen molar-refractivity contribution in [1.29, 1.82) is 0 Å². The molecule has 0 radical (unpaired) electrons. The monoisotopic (exact) mass is 565 g/mol. The fourth-order valence-electron chi connectivity index (χ4n) is 3.95. The molecule has 0 bridgehead atoms. The maximum Gasteiger partial charge on any atom is 0.446 e. The maximum atomic E-state index is 12.7. The van der Waals surface area contributed by atoms with Crippen molar-refractivity contribution in [3.8, 4) is 0 Å². The minimum absolute atomic E-state index is 0.00912. The Morgan fingerprint density at radius 3 is 2.68 bits per heavy atom. The zero-order chi connectivity index (χ0) is 26.7. The van der Waals surface area contributed by atoms with E-state index in [0.29, 0.717) is 48.3 Å². The Morgan fingerprint density at radius 1 is 1.18 bits per heavy atom. The molecule has 2 aliphatic heterocycles. The number of amides is 2. The van der Waals surface area contributed by atoms with Gasteiger partial charge in [-0.05, 0) is 41.6 Å². The van der Waals surface area contributed by atoms with Crippen LogP contribution >= 0.6 is 23.1 Å². The number of carbonyl (C=O) groups is 2. The normalized spacial score (nSPS) is 20.6. The minimum atomic E-state index is -4.35. The second kappa shape index (κ2) is 11.0. The molecule has 0 spiro atoms. The van der Waals surface area contributed by atoms with E-state index >= 15 is 0 Å². The van der Waals surface area contributed by atoms with E-state index in [1.807, 2.05) is 17.1 Å². The van der Waals surface area contributed by atoms with E-state index in [-0.39, 0.29) is 41.3 Å². The summed E-state index contributed by atoms with van der Waals surface area (Å²) < 4.78 is 42.7. The number of thiazole rings is 1. The van der Waals surface area contributed by atoms with Crippen LogP contribution in [-0.2, 0) is 11.3 Å². The van der Waals surface area contributed by atoms with Crippen molar-refractivity contribution in [3.63, 3.8) is 0 Å². The first kappa shape index (κ1) is 26.0. The Hall–Kier alpha value is -3.59. The number of ether oxygens (including phenoxy) is 1. The first-order valence-electron chi connectivity index (χ1n) is 11.6. The van der Waals surface area contributed by atoms with Crippen LogP contribution in [0.2, 0.25) is 0 Å². The molecule has 0 saturated carbocycles. The standard InChI is InChI=1S/C23H22F3N7O3S2/c24-23(25,26)38-16-4-1-14(2-5-16)12-36-22(35)33-9-7-32(8-10-33)21-28-19(13-37-21)20(34)27-15-3-6-17-18(11-15)30-31-29-17/h1-6,11,13,17-18H,7-10,12H2,(H,27,34)(H,29,30). The molecule has 2 N–H and O–H groups in total. The van der Waals surface area contributed by atoms with E-state index < -0.39 is 11.6 Å². The summed E-state index contributed by atoms with van der Waals surface area (Å²) in [5.41, 5.74) is 0.0548. The van der Waals surface area contributed by atoms with E-state index in [9.17, 15) is 22.8 Å². The summed E-state index contributed by atoms with van der Waals surface area (Å²) in [7, 11) is 0. The predicted molar refractivity (Wildman–Crippen MR) is 135 cm³/mol. The molecule has 200 valence electrons. The molecule has 2 amide bonds. The number of nitrogens with one attached hydrogen (secondary N) is 2. The lowest BCUT2D eigenvalue weighted by atomic mass is 10.0. The number of aromatic nitrogens is 1. The summed E-state index contributed by atoms with van der Waals surface area (Å²) in [5.74, 6) is -0.322. The third-order valence-electron chi connectivity index (χ3n) is 5.91. The Morgan fingerprint density at radius 2 is 1.95 bits per heavy atom. The lowest BCUT2D eigenvalue weighted by Crippen LogP contribution is -2.49. The second-order valence-electron chi connectivity index (χ2n) is 8.53. The van der Waals surface area contributed by atoms with Crippen molar-refractivity contribution in [2.75, 3.05) is 31.1 Å². The molecule has 15 heteroatoms. The van der Waals surface area contributed by atoms with Crippen LogP contribution in [0.1, 0.15) is 16.1 Å². The molecule has 3 heterocycles. The van der Waals surface area contributed by atoms with E-state index in [4.69, 9.17) is 4.74 Å². The van der Waals surface area contributed by atoms with Crippen LogP contribution in [0.3, 0.4) is 0 Å². The zero-order valence-corrected chi connectivity index (χ0v) is 21.4. The third kappa shape index (κ3) is 6.45. The van der Waals surface area contributed by atoms with E-state index in [1.165, 1.54) is 35.6 Å². The van der Waals surface area contributed by atoms with E-state index in [0.717, 1.165) is 0 Å². The molecule has 38 heavy (non-hydrogen) atoms. The Bertz CT molecular complexity index is 1270. The zero-order valence-electron chi connectivity index (χ0n) is 19.7. The number of alkyl halides is 3. The van der Waals surface area contributed by atoms with Crippen molar-refractivity contribution < 1.29 is 27.5 Å². The summed E-state index contributed by atoms with van der Waals surface area (Å²) in [5, 5.41) is 13.1. The molecule has 10 nitrogen and oxygen atoms in total. The van der Waals surface area contributed by atoms with Gasteiger partial charge in [-0.25, -0.2) is 9.78 Å². The lowest BCUT2D eigenvalue weighted by Gasteiger charge is -2.33. The number of halogens is 3. The number of anilines is 1. The van der Waals surface area contributed by atoms with Gasteiger partial charge in [0.2, 0.25) is 0 Å². The van der Waals surface area contributed by atoms with Gasteiger partial charge in [0.1, 0.15) is 18.3 Å². The summed E-state index contributed by atoms with van der Waals surface area (Å²) in [6.45, 7) is 1.81. The number of fused-ring (bicyclic) bond motifs is 1. The van der Waals surface area contributed by atoms with Crippen molar-refractivity contribution in [2.45, 2.75) is 29.1 Å². The average molecular weight is 566 g/mol. The smallest absolute Gasteiger partial charge is 0.445 e. The summed E-state index contributed by atoms with van der Waals surface area (Å²) in [4.78, 5) is 33.2. The number of hydrogen-bond donors (Lipinski definition) is 2. The molecule has 1 aliphatic carbocycles. The Balaban J connectivity index is 1.07. The van der Waals surface area contributed by atoms with Crippen molar-refractivity contribution in [1.82, 2.24) is 20.6 Å². The van der Waals surface area contributed by atoms with Crippen LogP contribution in [0, 0.1) is 0 Å². The second-order valence-corrected chi connectivity index (χ2v) is 10.5. The number of allylic oxidation sites excluding steroid dienone is 1. The molecule has 2 atom stereocenters. The average Bonchev–Trinajstić information content (AvgIpc) is 3.57. The number of rotatable bonds is 6. The maximum absolute atomic E-state index is 12.7. The highest BCUT2D eigenvalue weighted by atomic mass is 32.2. The topological polar surface area (TPSA) is 112 Å². The highest BCUT2D eigenvalue weighted by Crippen LogP contribution is 2.36. The van der Waals surface area contributed by atoms with Gasteiger partial charge < -0.3 is 19.9 Å². The highest BCUT2D eigenvalue weighted by Gasteiger charge is 2.29. The van der Waals surface area contributed by atoms with Crippen LogP contribution in [0.15, 0.2) is 68.8 Å². The molecule has 2 unspecified atom stereocenters. The molecule has 1 fully saturated rings. The third-order valence-corrected chi connectivity index (χ3v) is 7.55. The number of carbonyl (C=O) groups excluding carboxylic acids is 2. The van der Waals surface area contributed by atoms with Crippen LogP contribution in [-0.4, -0.2) is 65.7 Å². The first-order chi connectivity index (χ1) is 18.2. The van der Waals surface area contributed by atoms with Crippen molar-refractivity contribution in [3.05, 3.63) is 64.8 Å². The van der Waals surface area contributed by atoms with Gasteiger partial charge in [0, 0.05) is 42.2 Å². The highest BCUT2D eigenvalue weighted by molar-refractivity contribution is 8.00. The molecule has 1 aromatic heterocycles. The fourth-order valence-corrected chi connectivity index (χ4v) is 5.35. The SMILES string of the molecule is O=C(NC1=CC2N=NNC2C=C1)c1csc(N2CCN(C(=O)OCc3ccc(SC(F)(F)F)cc3)CC2)n1. The molecule has 1 aromatic carbocycles. The van der Waals surface area contributed by atoms with Crippen LogP contribution in [0.4, 0.5) is 23.1 Å². The molecule has 1 saturated heterocycles. The summed E-state index contributed by atoms with van der Waals surface area (Å²) in [6, 6.07) is 5.57. The fraction of sp³-hybridized carbons (Fsp3) is 0.348. The number of benzene rings is 1. The molecular weight excluding hydrogens is 543 g/mol. The minimum Gasteiger partial charge on any atom is -0.445 e. The van der Waals surface area contributed by atoms with Gasteiger partial charge in [-0.2, -0.15) is 18.3 Å². The van der Waals surface area contributed by atoms with Gasteiger partial charge >= 0.3 is 11.6 Å². The molecule has 3 aliphatic rings. The van der Waals surface area contributed by atoms with Crippen molar-refractivity contribution in [2.24, 2.45) is 10.3 Å². The van der Waals surface area contributed by atoms with Gasteiger partial charge in [-0.1, -0.05) is 23.4 Å². The van der Waals surface area contributed by atoms with Gasteiger partial charge in [0.05, 0.1) is 6.04 Å². The first-order valence-corrected chi connectivity index (χ1v) is 13.3. The van der Waals surface area contributed by atoms with Gasteiger partial charge in [0.25, 0.3) is 5.91 Å². The summed E-state index contributed by atoms with van der Waals surface area (Å²) >= 11 is 1.16. The van der Waals surface area contributed by atoms with Crippen LogP contribution in [0.25, 0.3) is 0 Å². The lowest BCUT2D eigenvalue weighted by molar-refractivity contribution is -0.0328. The largest absolute Gasteiger partial charge is 0.446 e. The van der Waals surface area contributed by atoms with Gasteiger partial charge in [0.15, 0.2) is 5.13 Å². The molecule has 2 aromatic rings. The number of piperazine rings is 1. The van der Waals surface area contributed by atoms with E-state index in [1.54, 1.807) is 16.4 Å². The Labute approximate surface area is 223 Å². The van der Waals surface area contributed by atoms with Crippen LogP contribution < -0.4 is 15.6 Å².